The molecule has 120 valence electrons. The van der Waals surface area contributed by atoms with E-state index in [4.69, 9.17) is 9.47 Å². The highest BCUT2D eigenvalue weighted by Crippen LogP contribution is 2.37. The number of benzene rings is 1. The average molecular weight is 368 g/mol. The number of ether oxygens (including phenoxy) is 2. The third-order valence-corrected chi connectivity index (χ3v) is 4.82. The van der Waals surface area contributed by atoms with Gasteiger partial charge in [-0.05, 0) is 56.4 Å². The lowest BCUT2D eigenvalue weighted by Gasteiger charge is -2.31. The van der Waals surface area contributed by atoms with Gasteiger partial charge in [0.25, 0.3) is 0 Å². The van der Waals surface area contributed by atoms with Crippen molar-refractivity contribution in [3.63, 3.8) is 0 Å². The quantitative estimate of drug-likeness (QED) is 0.698. The van der Waals surface area contributed by atoms with Crippen LogP contribution < -0.4 is 0 Å². The molecule has 4 nitrogen and oxygen atoms in total. The lowest BCUT2D eigenvalue weighted by atomic mass is 9.92. The van der Waals surface area contributed by atoms with E-state index in [9.17, 15) is 4.79 Å². The Morgan fingerprint density at radius 2 is 2.14 bits per heavy atom. The fourth-order valence-corrected chi connectivity index (χ4v) is 3.67. The molecule has 0 radical (unpaired) electrons. The SMILES string of the molecule is CC(C)(C)OC(=O)N1CCc2ccc(Br)c3c2C(C1)OCC3. The molecule has 3 rings (SSSR count). The van der Waals surface area contributed by atoms with Gasteiger partial charge in [-0.25, -0.2) is 4.79 Å². The van der Waals surface area contributed by atoms with Crippen LogP contribution in [0.1, 0.15) is 43.6 Å². The zero-order valence-corrected chi connectivity index (χ0v) is 14.9. The number of carbonyl (C=O) groups excluding carboxylic acids is 1. The van der Waals surface area contributed by atoms with E-state index in [1.165, 1.54) is 16.7 Å². The summed E-state index contributed by atoms with van der Waals surface area (Å²) >= 11 is 3.65. The molecule has 1 unspecified atom stereocenters. The Bertz CT molecular complexity index is 594. The van der Waals surface area contributed by atoms with Gasteiger partial charge in [0.05, 0.1) is 13.2 Å². The number of hydrogen-bond donors (Lipinski definition) is 0. The van der Waals surface area contributed by atoms with Crippen molar-refractivity contribution in [2.75, 3.05) is 19.7 Å². The van der Waals surface area contributed by atoms with Crippen LogP contribution in [0.25, 0.3) is 0 Å². The molecular formula is C17H22BrNO3. The Morgan fingerprint density at radius 3 is 2.86 bits per heavy atom. The first-order chi connectivity index (χ1) is 10.3. The summed E-state index contributed by atoms with van der Waals surface area (Å²) in [6.45, 7) is 7.60. The molecule has 1 amide bonds. The van der Waals surface area contributed by atoms with E-state index < -0.39 is 5.60 Å². The molecule has 5 heteroatoms. The number of amides is 1. The third kappa shape index (κ3) is 3.15. The molecule has 0 aromatic heterocycles. The van der Waals surface area contributed by atoms with Crippen molar-refractivity contribution < 1.29 is 14.3 Å². The van der Waals surface area contributed by atoms with Gasteiger partial charge in [-0.3, -0.25) is 0 Å². The van der Waals surface area contributed by atoms with Crippen LogP contribution in [0.15, 0.2) is 16.6 Å². The highest BCUT2D eigenvalue weighted by Gasteiger charge is 2.33. The zero-order chi connectivity index (χ0) is 15.9. The van der Waals surface area contributed by atoms with Gasteiger partial charge in [0.15, 0.2) is 0 Å². The van der Waals surface area contributed by atoms with Crippen LogP contribution in [0.5, 0.6) is 0 Å². The number of halogens is 1. The van der Waals surface area contributed by atoms with Crippen LogP contribution in [0.4, 0.5) is 4.79 Å². The van der Waals surface area contributed by atoms with Crippen LogP contribution in [-0.2, 0) is 22.3 Å². The molecule has 22 heavy (non-hydrogen) atoms. The van der Waals surface area contributed by atoms with Gasteiger partial charge in [-0.2, -0.15) is 0 Å². The molecule has 2 aliphatic rings. The average Bonchev–Trinajstić information content (AvgIpc) is 2.62. The Hall–Kier alpha value is -1.07. The number of nitrogens with zero attached hydrogens (tertiary/aromatic N) is 1. The van der Waals surface area contributed by atoms with Crippen LogP contribution in [-0.4, -0.2) is 36.3 Å². The highest BCUT2D eigenvalue weighted by atomic mass is 79.9. The molecule has 0 bridgehead atoms. The van der Waals surface area contributed by atoms with Crippen molar-refractivity contribution >= 4 is 22.0 Å². The van der Waals surface area contributed by atoms with Gasteiger partial charge in [0.1, 0.15) is 11.7 Å². The summed E-state index contributed by atoms with van der Waals surface area (Å²) in [5.41, 5.74) is 3.41. The molecule has 0 saturated carbocycles. The van der Waals surface area contributed by atoms with E-state index >= 15 is 0 Å². The van der Waals surface area contributed by atoms with Crippen molar-refractivity contribution in [1.82, 2.24) is 4.90 Å². The number of carbonyl (C=O) groups is 1. The van der Waals surface area contributed by atoms with Crippen molar-refractivity contribution in [2.24, 2.45) is 0 Å². The van der Waals surface area contributed by atoms with E-state index in [0.717, 1.165) is 17.3 Å². The Kier molecular flexibility index (Phi) is 4.21. The third-order valence-electron chi connectivity index (χ3n) is 4.07. The smallest absolute Gasteiger partial charge is 0.410 e. The minimum absolute atomic E-state index is 0.0498. The van der Waals surface area contributed by atoms with Crippen LogP contribution >= 0.6 is 15.9 Å². The maximum atomic E-state index is 12.4. The van der Waals surface area contributed by atoms with E-state index in [1.54, 1.807) is 4.90 Å². The second kappa shape index (κ2) is 5.85. The van der Waals surface area contributed by atoms with Crippen LogP contribution in [0.2, 0.25) is 0 Å². The molecule has 0 N–H and O–H groups in total. The predicted molar refractivity (Wildman–Crippen MR) is 88.1 cm³/mol. The summed E-state index contributed by atoms with van der Waals surface area (Å²) in [5.74, 6) is 0. The summed E-state index contributed by atoms with van der Waals surface area (Å²) in [6.07, 6.45) is 1.46. The van der Waals surface area contributed by atoms with E-state index in [2.05, 4.69) is 28.1 Å². The monoisotopic (exact) mass is 367 g/mol. The van der Waals surface area contributed by atoms with Crippen LogP contribution in [0, 0.1) is 0 Å². The van der Waals surface area contributed by atoms with E-state index in [0.29, 0.717) is 19.7 Å². The number of hydrogen-bond acceptors (Lipinski definition) is 3. The molecule has 1 aromatic carbocycles. The molecule has 2 aliphatic heterocycles. The summed E-state index contributed by atoms with van der Waals surface area (Å²) < 4.78 is 12.6. The summed E-state index contributed by atoms with van der Waals surface area (Å²) in [4.78, 5) is 14.2. The van der Waals surface area contributed by atoms with Gasteiger partial charge >= 0.3 is 6.09 Å². The standard InChI is InChI=1S/C17H22BrNO3/c1-17(2,3)22-16(20)19-8-6-11-4-5-13(18)12-7-9-21-14(10-19)15(11)12/h4-5,14H,6-10H2,1-3H3. The Balaban J connectivity index is 1.87. The predicted octanol–water partition coefficient (Wildman–Crippen LogP) is 3.86. The van der Waals surface area contributed by atoms with Gasteiger partial charge in [-0.15, -0.1) is 0 Å². The molecule has 0 aliphatic carbocycles. The molecule has 2 heterocycles. The number of rotatable bonds is 0. The Labute approximate surface area is 139 Å². The fourth-order valence-electron chi connectivity index (χ4n) is 3.13. The van der Waals surface area contributed by atoms with Crippen molar-refractivity contribution in [3.8, 4) is 0 Å². The zero-order valence-electron chi connectivity index (χ0n) is 13.3. The largest absolute Gasteiger partial charge is 0.444 e. The fraction of sp³-hybridized carbons (Fsp3) is 0.588. The van der Waals surface area contributed by atoms with Crippen molar-refractivity contribution in [2.45, 2.75) is 45.3 Å². The molecule has 0 fully saturated rings. The minimum atomic E-state index is -0.474. The minimum Gasteiger partial charge on any atom is -0.444 e. The maximum Gasteiger partial charge on any atom is 0.410 e. The van der Waals surface area contributed by atoms with E-state index in [1.807, 2.05) is 20.8 Å². The summed E-state index contributed by atoms with van der Waals surface area (Å²) in [6, 6.07) is 4.25. The molecule has 1 aromatic rings. The second-order valence-electron chi connectivity index (χ2n) is 6.88. The second-order valence-corrected chi connectivity index (χ2v) is 7.74. The van der Waals surface area contributed by atoms with Crippen LogP contribution in [0.3, 0.4) is 0 Å². The van der Waals surface area contributed by atoms with Gasteiger partial charge in [-0.1, -0.05) is 22.0 Å². The van der Waals surface area contributed by atoms with Crippen molar-refractivity contribution in [1.29, 1.82) is 0 Å². The summed E-state index contributed by atoms with van der Waals surface area (Å²) in [5, 5.41) is 0. The van der Waals surface area contributed by atoms with Gasteiger partial charge in [0.2, 0.25) is 0 Å². The topological polar surface area (TPSA) is 38.8 Å². The highest BCUT2D eigenvalue weighted by molar-refractivity contribution is 9.10. The molecule has 1 atom stereocenters. The lowest BCUT2D eigenvalue weighted by molar-refractivity contribution is -0.00454. The molecule has 0 spiro atoms. The van der Waals surface area contributed by atoms with Crippen molar-refractivity contribution in [3.05, 3.63) is 33.3 Å². The first-order valence-corrected chi connectivity index (χ1v) is 8.54. The molecular weight excluding hydrogens is 346 g/mol. The maximum absolute atomic E-state index is 12.4. The first kappa shape index (κ1) is 15.8. The summed E-state index contributed by atoms with van der Waals surface area (Å²) in [7, 11) is 0. The normalized spacial score (nSPS) is 21.1. The van der Waals surface area contributed by atoms with Gasteiger partial charge in [0, 0.05) is 11.0 Å². The lowest BCUT2D eigenvalue weighted by Crippen LogP contribution is -2.40. The van der Waals surface area contributed by atoms with E-state index in [-0.39, 0.29) is 12.2 Å². The van der Waals surface area contributed by atoms with Gasteiger partial charge < -0.3 is 14.4 Å². The Morgan fingerprint density at radius 1 is 1.36 bits per heavy atom. The molecule has 0 saturated heterocycles. The first-order valence-electron chi connectivity index (χ1n) is 7.75.